The van der Waals surface area contributed by atoms with E-state index in [4.69, 9.17) is 9.26 Å². The van der Waals surface area contributed by atoms with E-state index < -0.39 is 0 Å². The lowest BCUT2D eigenvalue weighted by molar-refractivity contribution is 0.0305. The molecule has 1 aliphatic rings. The van der Waals surface area contributed by atoms with Crippen molar-refractivity contribution in [3.05, 3.63) is 17.5 Å². The summed E-state index contributed by atoms with van der Waals surface area (Å²) in [4.78, 5) is 14.2. The number of nitrogens with one attached hydrogen (secondary N) is 1. The number of hydrogen-bond donors (Lipinski definition) is 1. The first-order chi connectivity index (χ1) is 9.56. The van der Waals surface area contributed by atoms with Gasteiger partial charge < -0.3 is 14.6 Å². The highest BCUT2D eigenvalue weighted by molar-refractivity contribution is 5.92. The second-order valence-corrected chi connectivity index (χ2v) is 5.57. The summed E-state index contributed by atoms with van der Waals surface area (Å²) in [5, 5.41) is 6.77. The Kier molecular flexibility index (Phi) is 5.14. The zero-order valence-corrected chi connectivity index (χ0v) is 12.4. The number of morpholine rings is 1. The molecule has 0 radical (unpaired) electrons. The maximum Gasteiger partial charge on any atom is 0.273 e. The van der Waals surface area contributed by atoms with E-state index in [9.17, 15) is 4.79 Å². The molecule has 0 aliphatic carbocycles. The van der Waals surface area contributed by atoms with Gasteiger partial charge in [-0.1, -0.05) is 19.0 Å². The Hall–Kier alpha value is -1.40. The van der Waals surface area contributed by atoms with Crippen LogP contribution in [0.25, 0.3) is 0 Å². The zero-order valence-electron chi connectivity index (χ0n) is 12.4. The molecule has 6 nitrogen and oxygen atoms in total. The molecule has 1 amide bonds. The largest absolute Gasteiger partial charge is 0.379 e. The molecule has 1 saturated heterocycles. The standard InChI is InChI=1S/C14H23N3O3/c1-10(2)11(3)15-14(18)13-8-12(20-16-13)9-17-4-6-19-7-5-17/h8,10-11H,4-7,9H2,1-3H3,(H,15,18). The first-order valence-corrected chi connectivity index (χ1v) is 7.13. The highest BCUT2D eigenvalue weighted by Crippen LogP contribution is 2.10. The molecule has 2 rings (SSSR count). The average Bonchev–Trinajstić information content (AvgIpc) is 2.88. The SMILES string of the molecule is CC(C)C(C)NC(=O)c1cc(CN2CCOCC2)on1. The van der Waals surface area contributed by atoms with E-state index in [1.807, 2.05) is 6.92 Å². The Morgan fingerprint density at radius 2 is 2.10 bits per heavy atom. The lowest BCUT2D eigenvalue weighted by Gasteiger charge is -2.25. The maximum atomic E-state index is 12.0. The molecule has 1 atom stereocenters. The fraction of sp³-hybridized carbons (Fsp3) is 0.714. The molecule has 6 heteroatoms. The van der Waals surface area contributed by atoms with Gasteiger partial charge in [0.15, 0.2) is 11.5 Å². The number of nitrogens with zero attached hydrogens (tertiary/aromatic N) is 2. The van der Waals surface area contributed by atoms with Crippen LogP contribution in [0.5, 0.6) is 0 Å². The van der Waals surface area contributed by atoms with Gasteiger partial charge in [-0.2, -0.15) is 0 Å². The fourth-order valence-electron chi connectivity index (χ4n) is 1.92. The number of rotatable bonds is 5. The van der Waals surface area contributed by atoms with Crippen molar-refractivity contribution < 1.29 is 14.1 Å². The van der Waals surface area contributed by atoms with Gasteiger partial charge in [-0.05, 0) is 12.8 Å². The molecule has 2 heterocycles. The van der Waals surface area contributed by atoms with E-state index in [0.29, 0.717) is 23.9 Å². The van der Waals surface area contributed by atoms with Crippen molar-refractivity contribution >= 4 is 5.91 Å². The predicted molar refractivity (Wildman–Crippen MR) is 74.4 cm³/mol. The molecule has 0 bridgehead atoms. The number of carbonyl (C=O) groups is 1. The van der Waals surface area contributed by atoms with Crippen LogP contribution in [0.4, 0.5) is 0 Å². The molecule has 0 saturated carbocycles. The highest BCUT2D eigenvalue weighted by atomic mass is 16.5. The highest BCUT2D eigenvalue weighted by Gasteiger charge is 2.18. The third-order valence-corrected chi connectivity index (χ3v) is 3.63. The minimum atomic E-state index is -0.178. The summed E-state index contributed by atoms with van der Waals surface area (Å²) >= 11 is 0. The van der Waals surface area contributed by atoms with Crippen LogP contribution in [-0.4, -0.2) is 48.3 Å². The number of aromatic nitrogens is 1. The summed E-state index contributed by atoms with van der Waals surface area (Å²) in [6.45, 7) is 10.0. The van der Waals surface area contributed by atoms with Crippen molar-refractivity contribution in [3.8, 4) is 0 Å². The van der Waals surface area contributed by atoms with Gasteiger partial charge in [0.25, 0.3) is 5.91 Å². The Labute approximate surface area is 119 Å². The molecular formula is C14H23N3O3. The molecule has 112 valence electrons. The molecular weight excluding hydrogens is 258 g/mol. The molecule has 1 unspecified atom stereocenters. The van der Waals surface area contributed by atoms with Crippen LogP contribution < -0.4 is 5.32 Å². The van der Waals surface area contributed by atoms with Gasteiger partial charge >= 0.3 is 0 Å². The van der Waals surface area contributed by atoms with Gasteiger partial charge in [0.2, 0.25) is 0 Å². The normalized spacial score (nSPS) is 18.2. The van der Waals surface area contributed by atoms with E-state index in [2.05, 4.69) is 29.2 Å². The van der Waals surface area contributed by atoms with Crippen LogP contribution in [0.15, 0.2) is 10.6 Å². The molecule has 0 aromatic carbocycles. The van der Waals surface area contributed by atoms with Crippen LogP contribution in [0, 0.1) is 5.92 Å². The maximum absolute atomic E-state index is 12.0. The van der Waals surface area contributed by atoms with Crippen LogP contribution in [0.2, 0.25) is 0 Å². The van der Waals surface area contributed by atoms with E-state index in [-0.39, 0.29) is 11.9 Å². The quantitative estimate of drug-likeness (QED) is 0.880. The first kappa shape index (κ1) is 15.0. The van der Waals surface area contributed by atoms with Crippen LogP contribution in [0.1, 0.15) is 37.0 Å². The molecule has 1 fully saturated rings. The summed E-state index contributed by atoms with van der Waals surface area (Å²) in [6, 6.07) is 1.83. The van der Waals surface area contributed by atoms with Crippen molar-refractivity contribution in [2.24, 2.45) is 5.92 Å². The molecule has 1 aliphatic heterocycles. The summed E-state index contributed by atoms with van der Waals surface area (Å²) in [5.41, 5.74) is 0.348. The van der Waals surface area contributed by atoms with E-state index in [1.54, 1.807) is 6.07 Å². The van der Waals surface area contributed by atoms with Crippen molar-refractivity contribution in [2.75, 3.05) is 26.3 Å². The van der Waals surface area contributed by atoms with Crippen molar-refractivity contribution in [1.82, 2.24) is 15.4 Å². The number of amides is 1. The second kappa shape index (κ2) is 6.85. The summed E-state index contributed by atoms with van der Waals surface area (Å²) in [5.74, 6) is 0.927. The smallest absolute Gasteiger partial charge is 0.273 e. The first-order valence-electron chi connectivity index (χ1n) is 7.13. The topological polar surface area (TPSA) is 67.6 Å². The number of ether oxygens (including phenoxy) is 1. The van der Waals surface area contributed by atoms with E-state index >= 15 is 0 Å². The average molecular weight is 281 g/mol. The predicted octanol–water partition coefficient (Wildman–Crippen LogP) is 1.28. The van der Waals surface area contributed by atoms with Crippen molar-refractivity contribution in [1.29, 1.82) is 0 Å². The van der Waals surface area contributed by atoms with Gasteiger partial charge in [0.05, 0.1) is 19.8 Å². The second-order valence-electron chi connectivity index (χ2n) is 5.57. The van der Waals surface area contributed by atoms with Gasteiger partial charge in [0, 0.05) is 25.2 Å². The Morgan fingerprint density at radius 3 is 2.75 bits per heavy atom. The van der Waals surface area contributed by atoms with Crippen LogP contribution >= 0.6 is 0 Å². The summed E-state index contributed by atoms with van der Waals surface area (Å²) in [6.07, 6.45) is 0. The van der Waals surface area contributed by atoms with Crippen molar-refractivity contribution in [2.45, 2.75) is 33.4 Å². The van der Waals surface area contributed by atoms with Gasteiger partial charge in [0.1, 0.15) is 0 Å². The van der Waals surface area contributed by atoms with Crippen LogP contribution in [0.3, 0.4) is 0 Å². The van der Waals surface area contributed by atoms with E-state index in [1.165, 1.54) is 0 Å². The van der Waals surface area contributed by atoms with Gasteiger partial charge in [-0.3, -0.25) is 9.69 Å². The van der Waals surface area contributed by atoms with E-state index in [0.717, 1.165) is 26.3 Å². The monoisotopic (exact) mass is 281 g/mol. The molecule has 1 aromatic rings. The minimum absolute atomic E-state index is 0.113. The van der Waals surface area contributed by atoms with Crippen molar-refractivity contribution in [3.63, 3.8) is 0 Å². The molecule has 1 N–H and O–H groups in total. The number of hydrogen-bond acceptors (Lipinski definition) is 5. The lowest BCUT2D eigenvalue weighted by Crippen LogP contribution is -2.36. The zero-order chi connectivity index (χ0) is 14.5. The third kappa shape index (κ3) is 4.05. The fourth-order valence-corrected chi connectivity index (χ4v) is 1.92. The molecule has 0 spiro atoms. The third-order valence-electron chi connectivity index (χ3n) is 3.63. The number of carbonyl (C=O) groups excluding carboxylic acids is 1. The lowest BCUT2D eigenvalue weighted by atomic mass is 10.1. The molecule has 20 heavy (non-hydrogen) atoms. The molecule has 1 aromatic heterocycles. The minimum Gasteiger partial charge on any atom is -0.379 e. The summed E-state index contributed by atoms with van der Waals surface area (Å²) in [7, 11) is 0. The Bertz CT molecular complexity index is 439. The van der Waals surface area contributed by atoms with Gasteiger partial charge in [-0.25, -0.2) is 0 Å². The Morgan fingerprint density at radius 1 is 1.40 bits per heavy atom. The Balaban J connectivity index is 1.89. The van der Waals surface area contributed by atoms with Gasteiger partial charge in [-0.15, -0.1) is 0 Å². The summed E-state index contributed by atoms with van der Waals surface area (Å²) < 4.78 is 10.5. The van der Waals surface area contributed by atoms with Crippen LogP contribution in [-0.2, 0) is 11.3 Å².